The molecule has 1 fully saturated rings. The first kappa shape index (κ1) is 20.1. The van der Waals surface area contributed by atoms with Gasteiger partial charge in [0.1, 0.15) is 0 Å². The van der Waals surface area contributed by atoms with Crippen molar-refractivity contribution in [1.82, 2.24) is 9.99 Å². The van der Waals surface area contributed by atoms with Crippen LogP contribution < -0.4 is 5.43 Å². The van der Waals surface area contributed by atoms with Crippen molar-refractivity contribution in [3.05, 3.63) is 35.2 Å². The van der Waals surface area contributed by atoms with Crippen LogP contribution in [-0.4, -0.2) is 59.7 Å². The Hall–Kier alpha value is -3.17. The maximum Gasteiger partial charge on any atom is 0.347 e. The van der Waals surface area contributed by atoms with Crippen LogP contribution in [0.1, 0.15) is 41.9 Å². The van der Waals surface area contributed by atoms with Crippen molar-refractivity contribution in [2.24, 2.45) is 4.99 Å². The summed E-state index contributed by atoms with van der Waals surface area (Å²) in [6.07, 6.45) is 5.32. The summed E-state index contributed by atoms with van der Waals surface area (Å²) in [6.45, 7) is 6.06. The highest BCUT2D eigenvalue weighted by Gasteiger charge is 2.29. The van der Waals surface area contributed by atoms with E-state index in [0.29, 0.717) is 38.5 Å². The summed E-state index contributed by atoms with van der Waals surface area (Å²) in [5, 5.41) is 12.7. The molecular formula is C21H24N4O5. The van der Waals surface area contributed by atoms with Crippen LogP contribution in [0.2, 0.25) is 0 Å². The number of ether oxygens (including phenoxy) is 2. The van der Waals surface area contributed by atoms with E-state index in [-0.39, 0.29) is 29.1 Å². The van der Waals surface area contributed by atoms with Crippen LogP contribution in [0.4, 0.5) is 11.7 Å². The molecule has 30 heavy (non-hydrogen) atoms. The summed E-state index contributed by atoms with van der Waals surface area (Å²) in [5.41, 5.74) is 4.59. The molecule has 0 aromatic carbocycles. The van der Waals surface area contributed by atoms with Gasteiger partial charge in [-0.15, -0.1) is 0 Å². The normalized spacial score (nSPS) is 18.4. The minimum Gasteiger partial charge on any atom is -0.504 e. The molecule has 9 nitrogen and oxygen atoms in total. The second-order valence-corrected chi connectivity index (χ2v) is 7.09. The van der Waals surface area contributed by atoms with Crippen molar-refractivity contribution < 1.29 is 23.8 Å². The molecule has 2 N–H and O–H groups in total. The number of carbonyl (C=O) groups excluding carboxylic acids is 1. The highest BCUT2D eigenvalue weighted by atomic mass is 16.5. The number of fused-ring (bicyclic) bond motifs is 1. The third-order valence-electron chi connectivity index (χ3n) is 4.98. The standard InChI is InChI=1S/C21H24N4O5/c1-3-13(2)29-21(27)17-18(26)16(30-20(17)24-25-7-9-28-10-8-25)11-14-12-23-19-15(14)5-4-6-22-19/h4-6,11-13,24,26H,3,7-10H2,1-2H3. The van der Waals surface area contributed by atoms with Gasteiger partial charge in [0.25, 0.3) is 0 Å². The van der Waals surface area contributed by atoms with E-state index in [9.17, 15) is 9.90 Å². The van der Waals surface area contributed by atoms with E-state index >= 15 is 0 Å². The van der Waals surface area contributed by atoms with Gasteiger partial charge < -0.3 is 19.0 Å². The van der Waals surface area contributed by atoms with Gasteiger partial charge in [-0.3, -0.25) is 5.43 Å². The topological polar surface area (TPSA) is 109 Å². The van der Waals surface area contributed by atoms with Crippen molar-refractivity contribution in [3.63, 3.8) is 0 Å². The summed E-state index contributed by atoms with van der Waals surface area (Å²) in [6, 6.07) is 3.69. The lowest BCUT2D eigenvalue weighted by Gasteiger charge is -2.27. The molecule has 2 aromatic heterocycles. The molecule has 158 valence electrons. The fourth-order valence-corrected chi connectivity index (χ4v) is 3.13. The zero-order chi connectivity index (χ0) is 21.1. The fourth-order valence-electron chi connectivity index (χ4n) is 3.13. The quantitative estimate of drug-likeness (QED) is 0.696. The van der Waals surface area contributed by atoms with Crippen LogP contribution in [0, 0.1) is 0 Å². The highest BCUT2D eigenvalue weighted by Crippen LogP contribution is 2.38. The molecule has 1 saturated heterocycles. The van der Waals surface area contributed by atoms with E-state index in [0.717, 1.165) is 11.1 Å². The minimum absolute atomic E-state index is 0.0324. The third kappa shape index (κ3) is 4.07. The predicted molar refractivity (Wildman–Crippen MR) is 112 cm³/mol. The van der Waals surface area contributed by atoms with Gasteiger partial charge in [-0.2, -0.15) is 0 Å². The van der Waals surface area contributed by atoms with E-state index in [2.05, 4.69) is 15.4 Å². The number of nitrogens with one attached hydrogen (secondary N) is 1. The average Bonchev–Trinajstić information content (AvgIpc) is 3.30. The van der Waals surface area contributed by atoms with Gasteiger partial charge in [0.2, 0.25) is 5.88 Å². The summed E-state index contributed by atoms with van der Waals surface area (Å²) >= 11 is 0. The smallest absolute Gasteiger partial charge is 0.347 e. The molecular weight excluding hydrogens is 388 g/mol. The summed E-state index contributed by atoms with van der Waals surface area (Å²) in [4.78, 5) is 21.2. The van der Waals surface area contributed by atoms with Gasteiger partial charge in [0, 0.05) is 36.6 Å². The van der Waals surface area contributed by atoms with Gasteiger partial charge in [0.05, 0.1) is 19.3 Å². The van der Waals surface area contributed by atoms with E-state index in [4.69, 9.17) is 13.9 Å². The largest absolute Gasteiger partial charge is 0.504 e. The first-order valence-electron chi connectivity index (χ1n) is 9.94. The number of allylic oxidation sites excluding steroid dienone is 1. The van der Waals surface area contributed by atoms with Gasteiger partial charge in [0.15, 0.2) is 22.9 Å². The maximum atomic E-state index is 12.8. The maximum absolute atomic E-state index is 12.8. The van der Waals surface area contributed by atoms with Gasteiger partial charge >= 0.3 is 5.97 Å². The molecule has 0 aliphatic carbocycles. The first-order chi connectivity index (χ1) is 14.6. The Morgan fingerprint density at radius 2 is 2.23 bits per heavy atom. The molecule has 4 heterocycles. The Labute approximate surface area is 174 Å². The number of rotatable bonds is 6. The van der Waals surface area contributed by atoms with Crippen LogP contribution >= 0.6 is 0 Å². The molecule has 0 amide bonds. The van der Waals surface area contributed by atoms with E-state index in [1.807, 2.05) is 24.1 Å². The second kappa shape index (κ2) is 8.68. The predicted octanol–water partition coefficient (Wildman–Crippen LogP) is 3.25. The molecule has 0 spiro atoms. The van der Waals surface area contributed by atoms with Gasteiger partial charge in [-0.05, 0) is 31.6 Å². The van der Waals surface area contributed by atoms with E-state index in [1.165, 1.54) is 0 Å². The summed E-state index contributed by atoms with van der Waals surface area (Å²) in [7, 11) is 0. The van der Waals surface area contributed by atoms with Crippen LogP contribution in [0.25, 0.3) is 11.6 Å². The molecule has 9 heteroatoms. The van der Waals surface area contributed by atoms with E-state index < -0.39 is 5.97 Å². The van der Waals surface area contributed by atoms with E-state index in [1.54, 1.807) is 25.4 Å². The lowest BCUT2D eigenvalue weighted by molar-refractivity contribution is 0.0329. The Bertz CT molecular complexity index is 991. The fraction of sp³-hybridized carbons (Fsp3) is 0.381. The number of aromatic hydroxyl groups is 1. The number of hydrazine groups is 1. The number of pyridine rings is 1. The molecule has 0 saturated carbocycles. The first-order valence-corrected chi connectivity index (χ1v) is 9.94. The average molecular weight is 412 g/mol. The number of hydrogen-bond donors (Lipinski definition) is 2. The van der Waals surface area contributed by atoms with Crippen LogP contribution in [-0.2, 0) is 9.47 Å². The number of carbonyl (C=O) groups is 1. The zero-order valence-corrected chi connectivity index (χ0v) is 16.9. The Morgan fingerprint density at radius 1 is 1.43 bits per heavy atom. The minimum atomic E-state index is -0.645. The van der Waals surface area contributed by atoms with Crippen molar-refractivity contribution in [1.29, 1.82) is 0 Å². The van der Waals surface area contributed by atoms with Gasteiger partial charge in [-0.25, -0.2) is 19.8 Å². The molecule has 2 aliphatic rings. The molecule has 1 unspecified atom stereocenters. The number of anilines is 1. The molecule has 4 rings (SSSR count). The van der Waals surface area contributed by atoms with Crippen molar-refractivity contribution >= 4 is 35.5 Å². The number of hydrogen-bond acceptors (Lipinski definition) is 9. The number of nitrogens with zero attached hydrogens (tertiary/aromatic N) is 3. The van der Waals surface area contributed by atoms with Gasteiger partial charge in [-0.1, -0.05) is 6.92 Å². The van der Waals surface area contributed by atoms with Crippen LogP contribution in [0.15, 0.2) is 27.7 Å². The van der Waals surface area contributed by atoms with Crippen LogP contribution in [0.5, 0.6) is 5.75 Å². The summed E-state index contributed by atoms with van der Waals surface area (Å²) in [5.74, 6) is -0.0563. The molecule has 0 bridgehead atoms. The number of esters is 1. The number of aromatic nitrogens is 1. The van der Waals surface area contributed by atoms with Crippen molar-refractivity contribution in [2.45, 2.75) is 26.4 Å². The Kier molecular flexibility index (Phi) is 5.82. The summed E-state index contributed by atoms with van der Waals surface area (Å²) < 4.78 is 16.6. The van der Waals surface area contributed by atoms with Crippen molar-refractivity contribution in [2.75, 3.05) is 31.7 Å². The number of morpholine rings is 1. The molecule has 2 aliphatic heterocycles. The lowest BCUT2D eigenvalue weighted by atomic mass is 10.1. The van der Waals surface area contributed by atoms with Crippen molar-refractivity contribution in [3.8, 4) is 5.75 Å². The second-order valence-electron chi connectivity index (χ2n) is 7.09. The Morgan fingerprint density at radius 3 is 3.00 bits per heavy atom. The van der Waals surface area contributed by atoms with Crippen LogP contribution in [0.3, 0.4) is 0 Å². The number of aliphatic imine (C=N–C) groups is 1. The third-order valence-corrected chi connectivity index (χ3v) is 4.98. The zero-order valence-electron chi connectivity index (χ0n) is 16.9. The Balaban J connectivity index is 1.69. The number of furan rings is 1. The SMILES string of the molecule is CCC(C)OC(=O)c1c(NN2CCOCC2)oc(C=C2C=Nc3ncccc32)c1O. The highest BCUT2D eigenvalue weighted by molar-refractivity contribution is 6.21. The molecule has 2 aromatic rings. The monoisotopic (exact) mass is 412 g/mol. The molecule has 0 radical (unpaired) electrons. The molecule has 1 atom stereocenters. The lowest BCUT2D eigenvalue weighted by Crippen LogP contribution is -2.40.